The molecule has 3 fully saturated rings. The van der Waals surface area contributed by atoms with Gasteiger partial charge in [-0.2, -0.15) is 5.01 Å². The van der Waals surface area contributed by atoms with Crippen LogP contribution in [0.5, 0.6) is 11.5 Å². The van der Waals surface area contributed by atoms with E-state index in [1.54, 1.807) is 48.5 Å². The van der Waals surface area contributed by atoms with E-state index in [1.165, 1.54) is 36.4 Å². The Morgan fingerprint density at radius 2 is 1.52 bits per heavy atom. The third kappa shape index (κ3) is 4.98. The average Bonchev–Trinajstić information content (AvgIpc) is 3.57. The Hall–Kier alpha value is -6.53. The molecule has 0 unspecified atom stereocenters. The number of benzene rings is 5. The lowest BCUT2D eigenvalue weighted by Gasteiger charge is -2.51. The minimum atomic E-state index is -1.63. The van der Waals surface area contributed by atoms with E-state index in [-0.39, 0.29) is 30.0 Å². The maximum absolute atomic E-state index is 15.4. The summed E-state index contributed by atoms with van der Waals surface area (Å²) in [5.74, 6) is -9.36. The molecular weight excluding hydrogens is 741 g/mol. The first-order valence-corrected chi connectivity index (χ1v) is 18.3. The molecule has 5 aromatic carbocycles. The Bertz CT molecular complexity index is 2580. The number of hydrazine groups is 1. The van der Waals surface area contributed by atoms with Gasteiger partial charge in [0.2, 0.25) is 11.8 Å². The second kappa shape index (κ2) is 12.8. The van der Waals surface area contributed by atoms with Crippen molar-refractivity contribution >= 4 is 63.3 Å². The predicted molar refractivity (Wildman–Crippen MR) is 202 cm³/mol. The summed E-state index contributed by atoms with van der Waals surface area (Å²) < 4.78 is 13.9. The molecular formula is C43H31ClFN3O8. The molecule has 0 radical (unpaired) electrons. The van der Waals surface area contributed by atoms with Gasteiger partial charge in [-0.15, -0.1) is 0 Å². The van der Waals surface area contributed by atoms with E-state index in [0.717, 1.165) is 22.0 Å². The number of carbonyl (C=O) groups excluding carboxylic acids is 4. The molecule has 13 heteroatoms. The quantitative estimate of drug-likeness (QED) is 0.106. The van der Waals surface area contributed by atoms with E-state index in [2.05, 4.69) is 5.43 Å². The molecule has 9 rings (SSSR count). The van der Waals surface area contributed by atoms with Crippen LogP contribution >= 0.6 is 11.6 Å². The Morgan fingerprint density at radius 3 is 2.21 bits per heavy atom. The summed E-state index contributed by atoms with van der Waals surface area (Å²) in [4.78, 5) is 71.7. The molecule has 6 atom stereocenters. The number of carboxylic acid groups (broad SMARTS) is 1. The van der Waals surface area contributed by atoms with Crippen molar-refractivity contribution in [3.8, 4) is 11.5 Å². The SMILES string of the molecule is O=C(O)c1ccc(N2C(=O)[C@H]3[C@H](CC=C4[C@H]3C[C@H]3C(=O)N(Nc5ccc(F)cc5)C(=O)[C@@]3(c3ccc(Cl)cc3)[C@H]4c3ccc(O)c4ccccc34)C2=O)cc1O. The first kappa shape index (κ1) is 35.2. The number of imide groups is 2. The first-order chi connectivity index (χ1) is 26.9. The molecule has 4 N–H and O–H groups in total. The molecule has 2 heterocycles. The molecule has 2 aliphatic carbocycles. The number of hydrogen-bond acceptors (Lipinski definition) is 8. The number of nitrogens with zero attached hydrogens (tertiary/aromatic N) is 2. The highest BCUT2D eigenvalue weighted by atomic mass is 35.5. The van der Waals surface area contributed by atoms with Crippen LogP contribution in [-0.2, 0) is 24.6 Å². The van der Waals surface area contributed by atoms with Gasteiger partial charge in [0.05, 0.1) is 34.5 Å². The van der Waals surface area contributed by atoms with Gasteiger partial charge >= 0.3 is 5.97 Å². The van der Waals surface area contributed by atoms with Crippen LogP contribution < -0.4 is 10.3 Å². The van der Waals surface area contributed by atoms with Gasteiger partial charge in [-0.3, -0.25) is 24.6 Å². The molecule has 0 aromatic heterocycles. The molecule has 2 saturated heterocycles. The van der Waals surface area contributed by atoms with Crippen LogP contribution in [0.1, 0.15) is 40.2 Å². The minimum Gasteiger partial charge on any atom is -0.507 e. The number of halogens is 2. The Balaban J connectivity index is 1.26. The number of nitrogens with one attached hydrogen (secondary N) is 1. The van der Waals surface area contributed by atoms with Crippen LogP contribution in [0.15, 0.2) is 115 Å². The molecule has 5 aromatic rings. The summed E-state index contributed by atoms with van der Waals surface area (Å²) in [7, 11) is 0. The summed E-state index contributed by atoms with van der Waals surface area (Å²) in [5, 5.41) is 33.4. The molecule has 4 aliphatic rings. The van der Waals surface area contributed by atoms with Gasteiger partial charge in [0.15, 0.2) is 0 Å². The van der Waals surface area contributed by atoms with E-state index in [4.69, 9.17) is 11.6 Å². The molecule has 0 bridgehead atoms. The second-order valence-corrected chi connectivity index (χ2v) is 15.0. The van der Waals surface area contributed by atoms with Crippen molar-refractivity contribution in [1.82, 2.24) is 5.01 Å². The maximum Gasteiger partial charge on any atom is 0.339 e. The molecule has 280 valence electrons. The monoisotopic (exact) mass is 771 g/mol. The standard InChI is InChI=1S/C43H31ClFN3O8/c44-22-7-5-21(6-8-22)43-33(39(52)48(42(43)56)46-24-11-9-23(45)10-12-24)20-32-29(37(43)28-17-18-34(49)27-4-2-1-3-26(27)28)15-16-31-36(32)40(53)47(38(31)51)25-13-14-30(41(54)55)35(50)19-25/h1-15,17-19,31-33,36-37,46,49-50H,16,20H2,(H,54,55)/t31-,32+,33-,36-,37-,43+/m0/s1. The number of fused-ring (bicyclic) bond motifs is 5. The van der Waals surface area contributed by atoms with E-state index in [9.17, 15) is 38.9 Å². The lowest BCUT2D eigenvalue weighted by molar-refractivity contribution is -0.138. The zero-order valence-corrected chi connectivity index (χ0v) is 30.0. The van der Waals surface area contributed by atoms with Crippen molar-refractivity contribution in [2.45, 2.75) is 24.2 Å². The number of amides is 4. The van der Waals surface area contributed by atoms with Crippen molar-refractivity contribution in [2.75, 3.05) is 10.3 Å². The van der Waals surface area contributed by atoms with E-state index in [1.807, 2.05) is 12.1 Å². The number of aromatic hydroxyl groups is 2. The molecule has 2 aliphatic heterocycles. The predicted octanol–water partition coefficient (Wildman–Crippen LogP) is 6.93. The summed E-state index contributed by atoms with van der Waals surface area (Å²) in [5.41, 5.74) is 2.96. The highest BCUT2D eigenvalue weighted by molar-refractivity contribution is 6.30. The fraction of sp³-hybridized carbons (Fsp3) is 0.186. The largest absolute Gasteiger partial charge is 0.507 e. The summed E-state index contributed by atoms with van der Waals surface area (Å²) in [6.45, 7) is 0. The molecule has 1 saturated carbocycles. The van der Waals surface area contributed by atoms with Crippen molar-refractivity contribution in [1.29, 1.82) is 0 Å². The van der Waals surface area contributed by atoms with Gasteiger partial charge < -0.3 is 15.3 Å². The highest BCUT2D eigenvalue weighted by Crippen LogP contribution is 2.65. The van der Waals surface area contributed by atoms with Crippen LogP contribution in [0.4, 0.5) is 15.8 Å². The van der Waals surface area contributed by atoms with Gasteiger partial charge in [0, 0.05) is 22.4 Å². The van der Waals surface area contributed by atoms with Gasteiger partial charge in [-0.25, -0.2) is 14.1 Å². The van der Waals surface area contributed by atoms with E-state index >= 15 is 4.79 Å². The zero-order chi connectivity index (χ0) is 39.2. The van der Waals surface area contributed by atoms with Crippen LogP contribution in [0.2, 0.25) is 5.02 Å². The Kier molecular flexibility index (Phi) is 8.03. The third-order valence-corrected chi connectivity index (χ3v) is 12.2. The summed E-state index contributed by atoms with van der Waals surface area (Å²) in [6.07, 6.45) is 1.99. The average molecular weight is 772 g/mol. The van der Waals surface area contributed by atoms with Gasteiger partial charge in [0.25, 0.3) is 11.8 Å². The Morgan fingerprint density at radius 1 is 0.804 bits per heavy atom. The summed E-state index contributed by atoms with van der Waals surface area (Å²) >= 11 is 6.39. The van der Waals surface area contributed by atoms with Gasteiger partial charge in [0.1, 0.15) is 22.9 Å². The number of anilines is 2. The highest BCUT2D eigenvalue weighted by Gasteiger charge is 2.70. The van der Waals surface area contributed by atoms with Crippen LogP contribution in [0, 0.1) is 29.5 Å². The molecule has 11 nitrogen and oxygen atoms in total. The molecule has 4 amide bonds. The number of rotatable bonds is 6. The number of allylic oxidation sites excluding steroid dienone is 2. The van der Waals surface area contributed by atoms with Crippen molar-refractivity contribution in [3.05, 3.63) is 142 Å². The molecule has 56 heavy (non-hydrogen) atoms. The fourth-order valence-electron chi connectivity index (χ4n) is 9.65. The topological polar surface area (TPSA) is 165 Å². The lowest BCUT2D eigenvalue weighted by atomic mass is 9.49. The number of phenols is 2. The van der Waals surface area contributed by atoms with E-state index in [0.29, 0.717) is 32.5 Å². The maximum atomic E-state index is 15.4. The number of aromatic carboxylic acids is 1. The van der Waals surface area contributed by atoms with Crippen molar-refractivity contribution in [2.24, 2.45) is 23.7 Å². The number of carboxylic acids is 1. The number of hydrogen-bond donors (Lipinski definition) is 4. The number of phenolic OH excluding ortho intramolecular Hbond substituents is 1. The second-order valence-electron chi connectivity index (χ2n) is 14.6. The van der Waals surface area contributed by atoms with Crippen molar-refractivity contribution < 1.29 is 43.7 Å². The minimum absolute atomic E-state index is 0.00398. The van der Waals surface area contributed by atoms with Gasteiger partial charge in [-0.05, 0) is 89.9 Å². The zero-order valence-electron chi connectivity index (χ0n) is 29.2. The molecule has 0 spiro atoms. The van der Waals surface area contributed by atoms with Crippen LogP contribution in [0.25, 0.3) is 10.8 Å². The van der Waals surface area contributed by atoms with Gasteiger partial charge in [-0.1, -0.05) is 65.7 Å². The fourth-order valence-corrected chi connectivity index (χ4v) is 9.78. The van der Waals surface area contributed by atoms with Crippen molar-refractivity contribution in [3.63, 3.8) is 0 Å². The summed E-state index contributed by atoms with van der Waals surface area (Å²) in [6, 6.07) is 25.8. The smallest absolute Gasteiger partial charge is 0.339 e. The van der Waals surface area contributed by atoms with Crippen LogP contribution in [-0.4, -0.2) is 49.9 Å². The van der Waals surface area contributed by atoms with Crippen LogP contribution in [0.3, 0.4) is 0 Å². The lowest BCUT2D eigenvalue weighted by Crippen LogP contribution is -2.53. The third-order valence-electron chi connectivity index (χ3n) is 12.0. The normalized spacial score (nSPS) is 25.5. The Labute approximate surface area is 323 Å². The first-order valence-electron chi connectivity index (χ1n) is 17.9. The number of carbonyl (C=O) groups is 5. The van der Waals surface area contributed by atoms with E-state index < -0.39 is 81.7 Å².